The predicted molar refractivity (Wildman–Crippen MR) is 86.3 cm³/mol. The zero-order chi connectivity index (χ0) is 17.7. The number of hydrogen-bond acceptors (Lipinski definition) is 6. The van der Waals surface area contributed by atoms with Gasteiger partial charge in [-0.15, -0.1) is 6.58 Å². The molecule has 0 bridgehead atoms. The first-order chi connectivity index (χ1) is 11.5. The molecule has 132 valence electrons. The van der Waals surface area contributed by atoms with E-state index < -0.39 is 43.2 Å². The van der Waals surface area contributed by atoms with Gasteiger partial charge < -0.3 is 30.1 Å². The van der Waals surface area contributed by atoms with Crippen molar-refractivity contribution in [3.63, 3.8) is 0 Å². The Bertz CT molecular complexity index is 578. The van der Waals surface area contributed by atoms with E-state index in [1.807, 2.05) is 12.1 Å². The number of rotatable bonds is 6. The van der Waals surface area contributed by atoms with E-state index in [9.17, 15) is 20.1 Å². The SMILES string of the molecule is C=CCc1ccccc1O[C@@H]1O[C@@H](CO)[C@@H](O)[C@@H](O)[C@@H]1NC(C)=O. The average Bonchev–Trinajstić information content (AvgIpc) is 2.56. The highest BCUT2D eigenvalue weighted by Crippen LogP contribution is 2.27. The standard InChI is InChI=1S/C17H23NO6/c1-3-6-11-7-4-5-8-12(11)23-17-14(18-10(2)20)16(22)15(21)13(9-19)24-17/h3-5,7-8,13-17,19,21-22H,1,6,9H2,2H3,(H,18,20)/t13-,14-,15+,16-,17+/m0/s1. The molecule has 0 aliphatic carbocycles. The van der Waals surface area contributed by atoms with Crippen LogP contribution in [0.15, 0.2) is 36.9 Å². The molecule has 1 fully saturated rings. The lowest BCUT2D eigenvalue weighted by atomic mass is 9.97. The van der Waals surface area contributed by atoms with Gasteiger partial charge in [0.2, 0.25) is 12.2 Å². The van der Waals surface area contributed by atoms with Crippen LogP contribution in [0.2, 0.25) is 0 Å². The summed E-state index contributed by atoms with van der Waals surface area (Å²) in [5.41, 5.74) is 0.860. The Morgan fingerprint density at radius 2 is 2.08 bits per heavy atom. The summed E-state index contributed by atoms with van der Waals surface area (Å²) in [7, 11) is 0. The van der Waals surface area contributed by atoms with Crippen molar-refractivity contribution in [3.8, 4) is 5.75 Å². The van der Waals surface area contributed by atoms with Crippen LogP contribution in [0.3, 0.4) is 0 Å². The van der Waals surface area contributed by atoms with Crippen LogP contribution in [0, 0.1) is 0 Å². The first-order valence-corrected chi connectivity index (χ1v) is 7.73. The van der Waals surface area contributed by atoms with Gasteiger partial charge in [-0.05, 0) is 18.1 Å². The summed E-state index contributed by atoms with van der Waals surface area (Å²) in [6, 6.07) is 6.26. The maximum absolute atomic E-state index is 11.4. The molecule has 0 radical (unpaired) electrons. The number of hydrogen-bond donors (Lipinski definition) is 4. The van der Waals surface area contributed by atoms with E-state index in [1.165, 1.54) is 6.92 Å². The van der Waals surface area contributed by atoms with Gasteiger partial charge >= 0.3 is 0 Å². The molecule has 1 aromatic carbocycles. The highest BCUT2D eigenvalue weighted by atomic mass is 16.7. The minimum absolute atomic E-state index is 0.398. The lowest BCUT2D eigenvalue weighted by Gasteiger charge is -2.42. The van der Waals surface area contributed by atoms with E-state index in [2.05, 4.69) is 11.9 Å². The van der Waals surface area contributed by atoms with Gasteiger partial charge in [-0.25, -0.2) is 0 Å². The van der Waals surface area contributed by atoms with E-state index in [0.29, 0.717) is 12.2 Å². The minimum Gasteiger partial charge on any atom is -0.462 e. The number of para-hydroxylation sites is 1. The highest BCUT2D eigenvalue weighted by molar-refractivity contribution is 5.73. The number of ether oxygens (including phenoxy) is 2. The number of aliphatic hydroxyl groups is 3. The molecular weight excluding hydrogens is 314 g/mol. The van der Waals surface area contributed by atoms with Crippen LogP contribution in [0.1, 0.15) is 12.5 Å². The fraction of sp³-hybridized carbons (Fsp3) is 0.471. The maximum Gasteiger partial charge on any atom is 0.223 e. The smallest absolute Gasteiger partial charge is 0.223 e. The fourth-order valence-corrected chi connectivity index (χ4v) is 2.64. The van der Waals surface area contributed by atoms with Crippen molar-refractivity contribution < 1.29 is 29.6 Å². The minimum atomic E-state index is -1.34. The van der Waals surface area contributed by atoms with Gasteiger partial charge in [0.15, 0.2) is 0 Å². The van der Waals surface area contributed by atoms with Crippen molar-refractivity contribution in [3.05, 3.63) is 42.5 Å². The van der Waals surface area contributed by atoms with Crippen LogP contribution < -0.4 is 10.1 Å². The zero-order valence-corrected chi connectivity index (χ0v) is 13.5. The quantitative estimate of drug-likeness (QED) is 0.533. The van der Waals surface area contributed by atoms with Crippen molar-refractivity contribution in [2.24, 2.45) is 0 Å². The number of aliphatic hydroxyl groups excluding tert-OH is 3. The predicted octanol–water partition coefficient (Wildman–Crippen LogP) is -0.262. The molecule has 1 aliphatic heterocycles. The third-order valence-corrected chi connectivity index (χ3v) is 3.83. The van der Waals surface area contributed by atoms with Gasteiger partial charge in [-0.1, -0.05) is 24.3 Å². The summed E-state index contributed by atoms with van der Waals surface area (Å²) in [6.45, 7) is 4.50. The molecule has 24 heavy (non-hydrogen) atoms. The second kappa shape index (κ2) is 8.25. The molecule has 0 unspecified atom stereocenters. The van der Waals surface area contributed by atoms with E-state index in [4.69, 9.17) is 9.47 Å². The second-order valence-corrected chi connectivity index (χ2v) is 5.65. The molecule has 0 aromatic heterocycles. The Morgan fingerprint density at radius 3 is 2.71 bits per heavy atom. The van der Waals surface area contributed by atoms with Crippen molar-refractivity contribution in [2.45, 2.75) is 44.0 Å². The van der Waals surface area contributed by atoms with Crippen molar-refractivity contribution in [1.29, 1.82) is 0 Å². The monoisotopic (exact) mass is 337 g/mol. The third-order valence-electron chi connectivity index (χ3n) is 3.83. The molecule has 1 amide bonds. The molecule has 1 heterocycles. The molecule has 2 rings (SSSR count). The number of carbonyl (C=O) groups excluding carboxylic acids is 1. The molecule has 7 nitrogen and oxygen atoms in total. The molecule has 0 spiro atoms. The largest absolute Gasteiger partial charge is 0.462 e. The third kappa shape index (κ3) is 4.12. The lowest BCUT2D eigenvalue weighted by molar-refractivity contribution is -0.244. The van der Waals surface area contributed by atoms with Crippen LogP contribution in [0.4, 0.5) is 0 Å². The van der Waals surface area contributed by atoms with Gasteiger partial charge in [0.05, 0.1) is 6.61 Å². The summed E-state index contributed by atoms with van der Waals surface area (Å²) in [5.74, 6) is 0.114. The number of benzene rings is 1. The summed E-state index contributed by atoms with van der Waals surface area (Å²) in [4.78, 5) is 11.4. The normalized spacial score (nSPS) is 29.8. The first kappa shape index (κ1) is 18.4. The molecule has 7 heteroatoms. The van der Waals surface area contributed by atoms with Gasteiger partial charge in [0.25, 0.3) is 0 Å². The van der Waals surface area contributed by atoms with E-state index in [1.54, 1.807) is 18.2 Å². The van der Waals surface area contributed by atoms with Gasteiger partial charge in [-0.3, -0.25) is 4.79 Å². The van der Waals surface area contributed by atoms with Crippen LogP contribution >= 0.6 is 0 Å². The summed E-state index contributed by atoms with van der Waals surface area (Å²) >= 11 is 0. The van der Waals surface area contributed by atoms with Crippen molar-refractivity contribution in [1.82, 2.24) is 5.32 Å². The Labute approximate surface area is 140 Å². The molecule has 1 saturated heterocycles. The van der Waals surface area contributed by atoms with Crippen LogP contribution in [-0.4, -0.2) is 58.5 Å². The number of nitrogens with one attached hydrogen (secondary N) is 1. The van der Waals surface area contributed by atoms with Crippen molar-refractivity contribution in [2.75, 3.05) is 6.61 Å². The van der Waals surface area contributed by atoms with Crippen LogP contribution in [-0.2, 0) is 16.0 Å². The molecule has 4 N–H and O–H groups in total. The van der Waals surface area contributed by atoms with Crippen LogP contribution in [0.25, 0.3) is 0 Å². The van der Waals surface area contributed by atoms with E-state index in [-0.39, 0.29) is 0 Å². The van der Waals surface area contributed by atoms with Gasteiger partial charge in [-0.2, -0.15) is 0 Å². The maximum atomic E-state index is 11.4. The van der Waals surface area contributed by atoms with Crippen molar-refractivity contribution >= 4 is 5.91 Å². The second-order valence-electron chi connectivity index (χ2n) is 5.65. The number of allylic oxidation sites excluding steroid dienone is 1. The zero-order valence-electron chi connectivity index (χ0n) is 13.5. The first-order valence-electron chi connectivity index (χ1n) is 7.73. The molecule has 1 aromatic rings. The molecular formula is C17H23NO6. The fourth-order valence-electron chi connectivity index (χ4n) is 2.64. The summed E-state index contributed by atoms with van der Waals surface area (Å²) in [6.07, 6.45) is -2.45. The summed E-state index contributed by atoms with van der Waals surface area (Å²) in [5, 5.41) is 32.1. The number of amides is 1. The Morgan fingerprint density at radius 1 is 1.38 bits per heavy atom. The Balaban J connectivity index is 2.26. The Hall–Kier alpha value is -1.93. The summed E-state index contributed by atoms with van der Waals surface area (Å²) < 4.78 is 11.4. The molecule has 1 aliphatic rings. The molecule has 0 saturated carbocycles. The number of carbonyl (C=O) groups is 1. The van der Waals surface area contributed by atoms with E-state index in [0.717, 1.165) is 5.56 Å². The van der Waals surface area contributed by atoms with Gasteiger partial charge in [0, 0.05) is 6.92 Å². The van der Waals surface area contributed by atoms with E-state index >= 15 is 0 Å². The lowest BCUT2D eigenvalue weighted by Crippen LogP contribution is -2.65. The van der Waals surface area contributed by atoms with Gasteiger partial charge in [0.1, 0.15) is 30.1 Å². The Kier molecular flexibility index (Phi) is 6.33. The topological polar surface area (TPSA) is 108 Å². The van der Waals surface area contributed by atoms with Crippen LogP contribution in [0.5, 0.6) is 5.75 Å². The molecule has 5 atom stereocenters. The average molecular weight is 337 g/mol. The highest BCUT2D eigenvalue weighted by Gasteiger charge is 2.46.